The summed E-state index contributed by atoms with van der Waals surface area (Å²) in [7, 11) is 1.59. The fraction of sp³-hybridized carbons (Fsp3) is 0.409. The third-order valence-electron chi connectivity index (χ3n) is 5.66. The van der Waals surface area contributed by atoms with E-state index in [0.29, 0.717) is 25.4 Å². The number of methoxy groups -OCH3 is 1. The summed E-state index contributed by atoms with van der Waals surface area (Å²) in [5, 5.41) is 0. The molecule has 2 amide bonds. The Balaban J connectivity index is 1.34. The first-order chi connectivity index (χ1) is 14.2. The summed E-state index contributed by atoms with van der Waals surface area (Å²) in [5.41, 5.74) is 1.91. The number of benzene rings is 1. The quantitative estimate of drug-likeness (QED) is 0.774. The van der Waals surface area contributed by atoms with Gasteiger partial charge in [0.1, 0.15) is 5.75 Å². The van der Waals surface area contributed by atoms with E-state index in [4.69, 9.17) is 4.74 Å². The topological polar surface area (TPSA) is 66.0 Å². The summed E-state index contributed by atoms with van der Waals surface area (Å²) >= 11 is 0. The van der Waals surface area contributed by atoms with Crippen molar-refractivity contribution in [2.45, 2.75) is 13.0 Å². The van der Waals surface area contributed by atoms with Gasteiger partial charge in [-0.2, -0.15) is 0 Å². The van der Waals surface area contributed by atoms with Crippen LogP contribution in [-0.2, 0) is 16.1 Å². The van der Waals surface area contributed by atoms with Crippen LogP contribution in [0.25, 0.3) is 0 Å². The van der Waals surface area contributed by atoms with Crippen LogP contribution >= 0.6 is 0 Å². The zero-order valence-electron chi connectivity index (χ0n) is 16.7. The molecule has 1 aromatic carbocycles. The highest BCUT2D eigenvalue weighted by molar-refractivity contribution is 6.01. The summed E-state index contributed by atoms with van der Waals surface area (Å²) in [6.07, 6.45) is 3.91. The van der Waals surface area contributed by atoms with Gasteiger partial charge < -0.3 is 14.5 Å². The molecule has 1 unspecified atom stereocenters. The van der Waals surface area contributed by atoms with Crippen molar-refractivity contribution in [2.24, 2.45) is 5.92 Å². The number of carbonyl (C=O) groups is 2. The number of pyridine rings is 1. The van der Waals surface area contributed by atoms with Gasteiger partial charge in [-0.05, 0) is 23.8 Å². The van der Waals surface area contributed by atoms with Crippen molar-refractivity contribution in [3.8, 4) is 5.75 Å². The zero-order chi connectivity index (χ0) is 20.2. The fourth-order valence-electron chi connectivity index (χ4n) is 4.09. The van der Waals surface area contributed by atoms with Gasteiger partial charge in [0.05, 0.1) is 18.7 Å². The van der Waals surface area contributed by atoms with Gasteiger partial charge in [-0.1, -0.05) is 18.2 Å². The predicted molar refractivity (Wildman–Crippen MR) is 110 cm³/mol. The smallest absolute Gasteiger partial charge is 0.228 e. The van der Waals surface area contributed by atoms with Crippen LogP contribution in [0.4, 0.5) is 5.69 Å². The Morgan fingerprint density at radius 1 is 1.14 bits per heavy atom. The molecule has 0 saturated carbocycles. The molecule has 1 atom stereocenters. The third-order valence-corrected chi connectivity index (χ3v) is 5.66. The lowest BCUT2D eigenvalue weighted by Gasteiger charge is -2.35. The van der Waals surface area contributed by atoms with E-state index < -0.39 is 0 Å². The minimum absolute atomic E-state index is 0.0249. The van der Waals surface area contributed by atoms with Crippen molar-refractivity contribution < 1.29 is 14.3 Å². The van der Waals surface area contributed by atoms with Gasteiger partial charge in [-0.3, -0.25) is 19.5 Å². The first-order valence-corrected chi connectivity index (χ1v) is 9.99. The second-order valence-corrected chi connectivity index (χ2v) is 7.54. The van der Waals surface area contributed by atoms with Gasteiger partial charge in [-0.25, -0.2) is 0 Å². The molecule has 29 heavy (non-hydrogen) atoms. The number of para-hydroxylation sites is 2. The highest BCUT2D eigenvalue weighted by atomic mass is 16.5. The number of amides is 2. The highest BCUT2D eigenvalue weighted by Crippen LogP contribution is 2.33. The Labute approximate surface area is 170 Å². The molecule has 152 valence electrons. The van der Waals surface area contributed by atoms with Crippen LogP contribution in [0.15, 0.2) is 48.8 Å². The second kappa shape index (κ2) is 8.61. The Bertz CT molecular complexity index is 865. The van der Waals surface area contributed by atoms with Crippen LogP contribution in [-0.4, -0.2) is 66.4 Å². The zero-order valence-corrected chi connectivity index (χ0v) is 16.7. The number of nitrogens with zero attached hydrogens (tertiary/aromatic N) is 4. The Morgan fingerprint density at radius 3 is 2.66 bits per heavy atom. The van der Waals surface area contributed by atoms with Crippen LogP contribution in [0.1, 0.15) is 12.0 Å². The Morgan fingerprint density at radius 2 is 1.93 bits per heavy atom. The largest absolute Gasteiger partial charge is 0.495 e. The number of ether oxygens (including phenoxy) is 1. The van der Waals surface area contributed by atoms with E-state index in [1.54, 1.807) is 18.2 Å². The van der Waals surface area contributed by atoms with E-state index in [1.165, 1.54) is 5.56 Å². The number of aromatic nitrogens is 1. The van der Waals surface area contributed by atoms with Crippen LogP contribution in [0.3, 0.4) is 0 Å². The van der Waals surface area contributed by atoms with Crippen molar-refractivity contribution >= 4 is 17.5 Å². The molecule has 4 rings (SSSR count). The molecule has 0 aliphatic carbocycles. The van der Waals surface area contributed by atoms with Gasteiger partial charge in [-0.15, -0.1) is 0 Å². The van der Waals surface area contributed by atoms with E-state index in [1.807, 2.05) is 41.4 Å². The molecule has 7 nitrogen and oxygen atoms in total. The van der Waals surface area contributed by atoms with E-state index in [0.717, 1.165) is 25.3 Å². The maximum absolute atomic E-state index is 13.0. The van der Waals surface area contributed by atoms with Crippen LogP contribution in [0, 0.1) is 5.92 Å². The number of carbonyl (C=O) groups excluding carboxylic acids is 2. The molecule has 1 aromatic heterocycles. The van der Waals surface area contributed by atoms with Crippen molar-refractivity contribution in [3.63, 3.8) is 0 Å². The molecule has 0 radical (unpaired) electrons. The third kappa shape index (κ3) is 4.24. The Hall–Kier alpha value is -2.93. The van der Waals surface area contributed by atoms with Gasteiger partial charge >= 0.3 is 0 Å². The molecule has 2 aliphatic heterocycles. The standard InChI is InChI=1S/C22H26N4O3/c1-29-20-7-3-2-6-19(20)26-16-18(13-21(26)27)22(28)25-11-9-24(10-12-25)15-17-5-4-8-23-14-17/h2-8,14,18H,9-13,15-16H2,1H3. The van der Waals surface area contributed by atoms with Crippen molar-refractivity contribution in [1.82, 2.24) is 14.8 Å². The van der Waals surface area contributed by atoms with E-state index in [-0.39, 0.29) is 24.2 Å². The van der Waals surface area contributed by atoms with Gasteiger partial charge in [0.25, 0.3) is 0 Å². The van der Waals surface area contributed by atoms with Crippen molar-refractivity contribution in [1.29, 1.82) is 0 Å². The van der Waals surface area contributed by atoms with E-state index in [9.17, 15) is 9.59 Å². The highest BCUT2D eigenvalue weighted by Gasteiger charge is 2.38. The average molecular weight is 394 g/mol. The number of hydrogen-bond donors (Lipinski definition) is 0. The lowest BCUT2D eigenvalue weighted by molar-refractivity contribution is -0.137. The normalized spacial score (nSPS) is 20.2. The molecule has 0 bridgehead atoms. The van der Waals surface area contributed by atoms with E-state index >= 15 is 0 Å². The first-order valence-electron chi connectivity index (χ1n) is 9.99. The second-order valence-electron chi connectivity index (χ2n) is 7.54. The summed E-state index contributed by atoms with van der Waals surface area (Å²) in [5.74, 6) is 0.412. The summed E-state index contributed by atoms with van der Waals surface area (Å²) in [4.78, 5) is 35.7. The molecular weight excluding hydrogens is 368 g/mol. The van der Waals surface area contributed by atoms with Crippen molar-refractivity contribution in [3.05, 3.63) is 54.4 Å². The maximum atomic E-state index is 13.0. The molecule has 0 spiro atoms. The Kier molecular flexibility index (Phi) is 5.76. The summed E-state index contributed by atoms with van der Waals surface area (Å²) in [6.45, 7) is 4.30. The molecule has 2 aromatic rings. The van der Waals surface area contributed by atoms with Gasteiger partial charge in [0.2, 0.25) is 11.8 Å². The predicted octanol–water partition coefficient (Wildman–Crippen LogP) is 1.79. The first kappa shape index (κ1) is 19.4. The SMILES string of the molecule is COc1ccccc1N1CC(C(=O)N2CCN(Cc3cccnc3)CC2)CC1=O. The van der Waals surface area contributed by atoms with Crippen LogP contribution in [0.5, 0.6) is 5.75 Å². The van der Waals surface area contributed by atoms with Gasteiger partial charge in [0.15, 0.2) is 0 Å². The minimum Gasteiger partial charge on any atom is -0.495 e. The van der Waals surface area contributed by atoms with Gasteiger partial charge in [0, 0.05) is 58.1 Å². The minimum atomic E-state index is -0.294. The van der Waals surface area contributed by atoms with Crippen molar-refractivity contribution in [2.75, 3.05) is 44.7 Å². The van der Waals surface area contributed by atoms with Crippen LogP contribution < -0.4 is 9.64 Å². The molecule has 3 heterocycles. The number of anilines is 1. The molecule has 7 heteroatoms. The van der Waals surface area contributed by atoms with Crippen LogP contribution in [0.2, 0.25) is 0 Å². The lowest BCUT2D eigenvalue weighted by Crippen LogP contribution is -2.50. The number of hydrogen-bond acceptors (Lipinski definition) is 5. The fourth-order valence-corrected chi connectivity index (χ4v) is 4.09. The number of piperazine rings is 1. The maximum Gasteiger partial charge on any atom is 0.228 e. The summed E-state index contributed by atoms with van der Waals surface area (Å²) in [6, 6.07) is 11.5. The number of rotatable bonds is 5. The molecule has 0 N–H and O–H groups in total. The lowest BCUT2D eigenvalue weighted by atomic mass is 10.1. The molecule has 2 saturated heterocycles. The molecular formula is C22H26N4O3. The molecule has 2 fully saturated rings. The van der Waals surface area contributed by atoms with E-state index in [2.05, 4.69) is 16.0 Å². The molecule has 2 aliphatic rings. The average Bonchev–Trinajstić information content (AvgIpc) is 3.16. The summed E-state index contributed by atoms with van der Waals surface area (Å²) < 4.78 is 5.38. The monoisotopic (exact) mass is 394 g/mol.